The number of aromatic nitrogens is 3. The molecule has 1 amide bonds. The van der Waals surface area contributed by atoms with E-state index in [9.17, 15) is 4.79 Å². The predicted molar refractivity (Wildman–Crippen MR) is 95.2 cm³/mol. The zero-order valence-corrected chi connectivity index (χ0v) is 13.9. The molecule has 2 aromatic carbocycles. The molecule has 1 heterocycles. The first-order valence-corrected chi connectivity index (χ1v) is 8.70. The van der Waals surface area contributed by atoms with Gasteiger partial charge in [-0.3, -0.25) is 9.36 Å². The Hall–Kier alpha value is -2.60. The molecular formula is C18H18N4OS. The summed E-state index contributed by atoms with van der Waals surface area (Å²) in [7, 11) is 0. The van der Waals surface area contributed by atoms with Crippen LogP contribution in [0, 0.1) is 0 Å². The van der Waals surface area contributed by atoms with E-state index in [4.69, 9.17) is 0 Å². The van der Waals surface area contributed by atoms with E-state index in [0.29, 0.717) is 17.5 Å². The summed E-state index contributed by atoms with van der Waals surface area (Å²) in [6, 6.07) is 19.9. The maximum atomic E-state index is 12.0. The molecule has 0 aliphatic heterocycles. The molecule has 0 radical (unpaired) electrons. The van der Waals surface area contributed by atoms with Crippen LogP contribution in [-0.4, -0.2) is 33.0 Å². The predicted octanol–water partition coefficient (Wildman–Crippen LogP) is 2.72. The number of amides is 1. The first kappa shape index (κ1) is 16.3. The van der Waals surface area contributed by atoms with Gasteiger partial charge in [-0.2, -0.15) is 0 Å². The highest BCUT2D eigenvalue weighted by molar-refractivity contribution is 7.99. The van der Waals surface area contributed by atoms with Gasteiger partial charge in [-0.05, 0) is 24.1 Å². The third kappa shape index (κ3) is 4.45. The van der Waals surface area contributed by atoms with Crippen LogP contribution in [0.1, 0.15) is 5.56 Å². The average Bonchev–Trinajstić information content (AvgIpc) is 3.10. The molecule has 0 saturated carbocycles. The second-order valence-electron chi connectivity index (χ2n) is 5.19. The van der Waals surface area contributed by atoms with Gasteiger partial charge in [0.05, 0.1) is 5.75 Å². The number of carbonyl (C=O) groups is 1. The minimum atomic E-state index is -0.00135. The number of benzene rings is 2. The molecule has 1 N–H and O–H groups in total. The van der Waals surface area contributed by atoms with Crippen LogP contribution in [0.15, 0.2) is 72.1 Å². The third-order valence-corrected chi connectivity index (χ3v) is 4.40. The van der Waals surface area contributed by atoms with Crippen molar-refractivity contribution in [2.75, 3.05) is 12.3 Å². The summed E-state index contributed by atoms with van der Waals surface area (Å²) < 4.78 is 1.88. The quantitative estimate of drug-likeness (QED) is 0.673. The number of thioether (sulfide) groups is 1. The normalized spacial score (nSPS) is 10.5. The highest BCUT2D eigenvalue weighted by Gasteiger charge is 2.09. The van der Waals surface area contributed by atoms with Crippen LogP contribution in [0.25, 0.3) is 5.69 Å². The third-order valence-electron chi connectivity index (χ3n) is 3.46. The maximum Gasteiger partial charge on any atom is 0.230 e. The molecule has 0 atom stereocenters. The van der Waals surface area contributed by atoms with Gasteiger partial charge >= 0.3 is 0 Å². The zero-order chi connectivity index (χ0) is 16.6. The summed E-state index contributed by atoms with van der Waals surface area (Å²) in [5, 5.41) is 11.7. The molecule has 1 aromatic heterocycles. The second kappa shape index (κ2) is 8.31. The van der Waals surface area contributed by atoms with Crippen molar-refractivity contribution in [2.45, 2.75) is 11.6 Å². The Kier molecular flexibility index (Phi) is 5.63. The number of para-hydroxylation sites is 1. The first-order valence-electron chi connectivity index (χ1n) is 7.72. The lowest BCUT2D eigenvalue weighted by molar-refractivity contribution is -0.118. The molecule has 0 saturated heterocycles. The monoisotopic (exact) mass is 338 g/mol. The highest BCUT2D eigenvalue weighted by Crippen LogP contribution is 2.18. The van der Waals surface area contributed by atoms with E-state index in [-0.39, 0.29) is 5.91 Å². The lowest BCUT2D eigenvalue weighted by Gasteiger charge is -2.07. The van der Waals surface area contributed by atoms with Crippen molar-refractivity contribution in [3.63, 3.8) is 0 Å². The Bertz CT molecular complexity index is 774. The Morgan fingerprint density at radius 3 is 2.50 bits per heavy atom. The van der Waals surface area contributed by atoms with Crippen LogP contribution < -0.4 is 5.32 Å². The Morgan fingerprint density at radius 1 is 1.04 bits per heavy atom. The van der Waals surface area contributed by atoms with E-state index in [0.717, 1.165) is 12.1 Å². The van der Waals surface area contributed by atoms with Crippen LogP contribution in [0.4, 0.5) is 0 Å². The summed E-state index contributed by atoms with van der Waals surface area (Å²) in [4.78, 5) is 12.0. The van der Waals surface area contributed by atoms with Crippen LogP contribution in [0.5, 0.6) is 0 Å². The number of rotatable bonds is 7. The van der Waals surface area contributed by atoms with Gasteiger partial charge in [0.25, 0.3) is 0 Å². The Balaban J connectivity index is 1.48. The van der Waals surface area contributed by atoms with E-state index in [1.54, 1.807) is 6.33 Å². The summed E-state index contributed by atoms with van der Waals surface area (Å²) in [5.41, 5.74) is 2.20. The van der Waals surface area contributed by atoms with Crippen molar-refractivity contribution in [1.29, 1.82) is 0 Å². The molecule has 0 aliphatic rings. The van der Waals surface area contributed by atoms with E-state index < -0.39 is 0 Å². The standard InChI is InChI=1S/C18H18N4OS/c23-17(19-12-11-15-7-3-1-4-8-15)13-24-18-21-20-14-22(18)16-9-5-2-6-10-16/h1-10,14H,11-13H2,(H,19,23). The molecule has 3 aromatic rings. The van der Waals surface area contributed by atoms with Gasteiger partial charge in [-0.15, -0.1) is 10.2 Å². The summed E-state index contributed by atoms with van der Waals surface area (Å²) in [5.74, 6) is 0.318. The van der Waals surface area contributed by atoms with E-state index in [1.807, 2.05) is 53.1 Å². The fourth-order valence-electron chi connectivity index (χ4n) is 2.26. The van der Waals surface area contributed by atoms with Crippen molar-refractivity contribution in [3.8, 4) is 5.69 Å². The molecule has 0 bridgehead atoms. The molecule has 0 fully saturated rings. The molecule has 0 spiro atoms. The zero-order valence-electron chi connectivity index (χ0n) is 13.1. The van der Waals surface area contributed by atoms with Gasteiger partial charge in [0.15, 0.2) is 5.16 Å². The van der Waals surface area contributed by atoms with Crippen molar-refractivity contribution in [3.05, 3.63) is 72.6 Å². The minimum Gasteiger partial charge on any atom is -0.355 e. The lowest BCUT2D eigenvalue weighted by Crippen LogP contribution is -2.27. The van der Waals surface area contributed by atoms with Gasteiger partial charge in [-0.25, -0.2) is 0 Å². The summed E-state index contributed by atoms with van der Waals surface area (Å²) in [6.45, 7) is 0.634. The topological polar surface area (TPSA) is 59.8 Å². The number of nitrogens with zero attached hydrogens (tertiary/aromatic N) is 3. The smallest absolute Gasteiger partial charge is 0.230 e. The summed E-state index contributed by atoms with van der Waals surface area (Å²) >= 11 is 1.38. The van der Waals surface area contributed by atoms with Crippen LogP contribution in [-0.2, 0) is 11.2 Å². The minimum absolute atomic E-state index is 0.00135. The van der Waals surface area contributed by atoms with Crippen molar-refractivity contribution < 1.29 is 4.79 Å². The lowest BCUT2D eigenvalue weighted by atomic mass is 10.1. The Morgan fingerprint density at radius 2 is 1.75 bits per heavy atom. The molecule has 24 heavy (non-hydrogen) atoms. The second-order valence-corrected chi connectivity index (χ2v) is 6.14. The highest BCUT2D eigenvalue weighted by atomic mass is 32.2. The number of carbonyl (C=O) groups excluding carboxylic acids is 1. The van der Waals surface area contributed by atoms with Crippen molar-refractivity contribution in [2.24, 2.45) is 0 Å². The molecule has 122 valence electrons. The summed E-state index contributed by atoms with van der Waals surface area (Å²) in [6.07, 6.45) is 2.49. The van der Waals surface area contributed by atoms with Gasteiger partial charge in [-0.1, -0.05) is 60.3 Å². The SMILES string of the molecule is O=C(CSc1nncn1-c1ccccc1)NCCc1ccccc1. The van der Waals surface area contributed by atoms with Gasteiger partial charge in [0, 0.05) is 12.2 Å². The first-order chi connectivity index (χ1) is 11.8. The molecule has 6 heteroatoms. The van der Waals surface area contributed by atoms with Gasteiger partial charge < -0.3 is 5.32 Å². The molecular weight excluding hydrogens is 320 g/mol. The molecule has 0 unspecified atom stereocenters. The van der Waals surface area contributed by atoms with Crippen molar-refractivity contribution >= 4 is 17.7 Å². The van der Waals surface area contributed by atoms with E-state index >= 15 is 0 Å². The fraction of sp³-hybridized carbons (Fsp3) is 0.167. The largest absolute Gasteiger partial charge is 0.355 e. The maximum absolute atomic E-state index is 12.0. The van der Waals surface area contributed by atoms with Crippen molar-refractivity contribution in [1.82, 2.24) is 20.1 Å². The number of nitrogens with one attached hydrogen (secondary N) is 1. The van der Waals surface area contributed by atoms with Gasteiger partial charge in [0.2, 0.25) is 5.91 Å². The number of hydrogen-bond acceptors (Lipinski definition) is 4. The molecule has 5 nitrogen and oxygen atoms in total. The molecule has 3 rings (SSSR count). The van der Waals surface area contributed by atoms with Gasteiger partial charge in [0.1, 0.15) is 6.33 Å². The van der Waals surface area contributed by atoms with Crippen LogP contribution in [0.2, 0.25) is 0 Å². The number of hydrogen-bond donors (Lipinski definition) is 1. The average molecular weight is 338 g/mol. The fourth-order valence-corrected chi connectivity index (χ4v) is 3.02. The molecule has 0 aliphatic carbocycles. The van der Waals surface area contributed by atoms with E-state index in [1.165, 1.54) is 17.3 Å². The van der Waals surface area contributed by atoms with Crippen LogP contribution >= 0.6 is 11.8 Å². The Labute approximate surface area is 145 Å². The van der Waals surface area contributed by atoms with E-state index in [2.05, 4.69) is 27.6 Å². The van der Waals surface area contributed by atoms with Crippen LogP contribution in [0.3, 0.4) is 0 Å².